The Bertz CT molecular complexity index is 690. The zero-order chi connectivity index (χ0) is 16.2. The van der Waals surface area contributed by atoms with Gasteiger partial charge in [-0.05, 0) is 55.3 Å². The number of fused-ring (bicyclic) bond motifs is 1. The van der Waals surface area contributed by atoms with Crippen molar-refractivity contribution >= 4 is 11.6 Å². The second kappa shape index (κ2) is 7.11. The van der Waals surface area contributed by atoms with Gasteiger partial charge in [0, 0.05) is 5.92 Å². The first-order valence-corrected chi connectivity index (χ1v) is 8.10. The van der Waals surface area contributed by atoms with Crippen LogP contribution in [0.25, 0.3) is 0 Å². The molecule has 0 aliphatic carbocycles. The summed E-state index contributed by atoms with van der Waals surface area (Å²) < 4.78 is 16.3. The molecule has 2 aromatic carbocycles. The van der Waals surface area contributed by atoms with Crippen LogP contribution < -0.4 is 19.9 Å². The molecule has 122 valence electrons. The van der Waals surface area contributed by atoms with Gasteiger partial charge in [0.2, 0.25) is 6.79 Å². The number of rotatable bonds is 6. The summed E-state index contributed by atoms with van der Waals surface area (Å²) in [5.74, 6) is 2.48. The molecule has 0 saturated carbocycles. The zero-order valence-corrected chi connectivity index (χ0v) is 13.8. The molecule has 4 nitrogen and oxygen atoms in total. The van der Waals surface area contributed by atoms with Crippen molar-refractivity contribution < 1.29 is 14.2 Å². The fraction of sp³-hybridized carbons (Fsp3) is 0.333. The van der Waals surface area contributed by atoms with Gasteiger partial charge in [-0.3, -0.25) is 0 Å². The van der Waals surface area contributed by atoms with E-state index >= 15 is 0 Å². The van der Waals surface area contributed by atoms with Crippen molar-refractivity contribution in [2.45, 2.75) is 19.3 Å². The van der Waals surface area contributed by atoms with Gasteiger partial charge in [0.25, 0.3) is 0 Å². The van der Waals surface area contributed by atoms with Crippen LogP contribution in [0.1, 0.15) is 24.0 Å². The summed E-state index contributed by atoms with van der Waals surface area (Å²) in [5, 5.41) is 0.630. The molecule has 0 bridgehead atoms. The van der Waals surface area contributed by atoms with E-state index in [0.29, 0.717) is 23.9 Å². The minimum atomic E-state index is 0.193. The highest BCUT2D eigenvalue weighted by Gasteiger charge is 2.18. The number of benzene rings is 2. The third-order valence-electron chi connectivity index (χ3n) is 3.93. The highest BCUT2D eigenvalue weighted by atomic mass is 35.5. The Hall–Kier alpha value is -1.91. The van der Waals surface area contributed by atoms with Crippen molar-refractivity contribution in [3.8, 4) is 17.2 Å². The molecule has 5 heteroatoms. The average molecular weight is 334 g/mol. The summed E-state index contributed by atoms with van der Waals surface area (Å²) in [6, 6.07) is 11.9. The van der Waals surface area contributed by atoms with Crippen LogP contribution in [0, 0.1) is 0 Å². The zero-order valence-electron chi connectivity index (χ0n) is 13.0. The Balaban J connectivity index is 1.78. The number of hydrogen-bond donors (Lipinski definition) is 1. The van der Waals surface area contributed by atoms with Crippen molar-refractivity contribution in [3.05, 3.63) is 52.5 Å². The Morgan fingerprint density at radius 3 is 2.74 bits per heavy atom. The minimum absolute atomic E-state index is 0.193. The van der Waals surface area contributed by atoms with Crippen LogP contribution >= 0.6 is 11.6 Å². The highest BCUT2D eigenvalue weighted by molar-refractivity contribution is 6.32. The first kappa shape index (κ1) is 16.0. The van der Waals surface area contributed by atoms with E-state index in [4.69, 9.17) is 31.5 Å². The van der Waals surface area contributed by atoms with Gasteiger partial charge in [0.1, 0.15) is 5.75 Å². The lowest BCUT2D eigenvalue weighted by molar-refractivity contribution is 0.174. The molecule has 1 aliphatic rings. The monoisotopic (exact) mass is 333 g/mol. The second-order valence-corrected chi connectivity index (χ2v) is 5.85. The van der Waals surface area contributed by atoms with Crippen LogP contribution in [-0.4, -0.2) is 19.9 Å². The van der Waals surface area contributed by atoms with Gasteiger partial charge in [-0.2, -0.15) is 0 Å². The summed E-state index contributed by atoms with van der Waals surface area (Å²) in [6.07, 6.45) is 0.808. The summed E-state index contributed by atoms with van der Waals surface area (Å²) in [6.45, 7) is 3.36. The summed E-state index contributed by atoms with van der Waals surface area (Å²) >= 11 is 6.26. The van der Waals surface area contributed by atoms with Crippen molar-refractivity contribution in [2.24, 2.45) is 5.73 Å². The SMILES string of the molecule is CCOc1ccc(CC(CN)c2ccc3c(c2)OCO3)cc1Cl. The van der Waals surface area contributed by atoms with Gasteiger partial charge in [-0.15, -0.1) is 0 Å². The Morgan fingerprint density at radius 1 is 1.17 bits per heavy atom. The largest absolute Gasteiger partial charge is 0.492 e. The van der Waals surface area contributed by atoms with Gasteiger partial charge in [0.15, 0.2) is 11.5 Å². The molecule has 1 atom stereocenters. The van der Waals surface area contributed by atoms with Gasteiger partial charge in [-0.1, -0.05) is 23.7 Å². The van der Waals surface area contributed by atoms with Crippen LogP contribution in [-0.2, 0) is 6.42 Å². The van der Waals surface area contributed by atoms with E-state index in [-0.39, 0.29) is 12.7 Å². The Morgan fingerprint density at radius 2 is 2.00 bits per heavy atom. The van der Waals surface area contributed by atoms with Crippen LogP contribution in [0.2, 0.25) is 5.02 Å². The fourth-order valence-corrected chi connectivity index (χ4v) is 2.99. The molecule has 0 amide bonds. The summed E-state index contributed by atoms with van der Waals surface area (Å²) in [5.41, 5.74) is 8.26. The predicted molar refractivity (Wildman–Crippen MR) is 90.7 cm³/mol. The molecule has 0 saturated heterocycles. The maximum Gasteiger partial charge on any atom is 0.231 e. The Kier molecular flexibility index (Phi) is 4.94. The van der Waals surface area contributed by atoms with Gasteiger partial charge in [-0.25, -0.2) is 0 Å². The molecule has 0 aromatic heterocycles. The van der Waals surface area contributed by atoms with E-state index < -0.39 is 0 Å². The van der Waals surface area contributed by atoms with Crippen LogP contribution in [0.5, 0.6) is 17.2 Å². The molecule has 0 fully saturated rings. The van der Waals surface area contributed by atoms with E-state index in [0.717, 1.165) is 29.0 Å². The van der Waals surface area contributed by atoms with Gasteiger partial charge in [0.05, 0.1) is 11.6 Å². The average Bonchev–Trinajstić information content (AvgIpc) is 3.02. The van der Waals surface area contributed by atoms with Crippen molar-refractivity contribution in [1.82, 2.24) is 0 Å². The molecule has 1 aliphatic heterocycles. The van der Waals surface area contributed by atoms with Crippen LogP contribution in [0.4, 0.5) is 0 Å². The first-order valence-electron chi connectivity index (χ1n) is 7.72. The summed E-state index contributed by atoms with van der Waals surface area (Å²) in [7, 11) is 0. The number of hydrogen-bond acceptors (Lipinski definition) is 4. The maximum atomic E-state index is 6.26. The lowest BCUT2D eigenvalue weighted by atomic mass is 9.92. The number of nitrogens with two attached hydrogens (primary N) is 1. The molecular formula is C18H20ClNO3. The van der Waals surface area contributed by atoms with E-state index in [9.17, 15) is 0 Å². The molecule has 2 aromatic rings. The maximum absolute atomic E-state index is 6.26. The molecule has 0 spiro atoms. The lowest BCUT2D eigenvalue weighted by Crippen LogP contribution is -2.15. The van der Waals surface area contributed by atoms with Crippen molar-refractivity contribution in [1.29, 1.82) is 0 Å². The van der Waals surface area contributed by atoms with Crippen molar-refractivity contribution in [3.63, 3.8) is 0 Å². The molecule has 0 radical (unpaired) electrons. The number of ether oxygens (including phenoxy) is 3. The van der Waals surface area contributed by atoms with Gasteiger partial charge < -0.3 is 19.9 Å². The molecule has 1 unspecified atom stereocenters. The van der Waals surface area contributed by atoms with Crippen LogP contribution in [0.15, 0.2) is 36.4 Å². The predicted octanol–water partition coefficient (Wildman–Crippen LogP) is 3.75. The third-order valence-corrected chi connectivity index (χ3v) is 4.23. The minimum Gasteiger partial charge on any atom is -0.492 e. The van der Waals surface area contributed by atoms with E-state index in [1.807, 2.05) is 43.3 Å². The molecule has 3 rings (SSSR count). The van der Waals surface area contributed by atoms with Gasteiger partial charge >= 0.3 is 0 Å². The molecule has 23 heavy (non-hydrogen) atoms. The molecule has 1 heterocycles. The standard InChI is InChI=1S/C18H20ClNO3/c1-2-21-16-5-3-12(8-15(16)19)7-14(10-20)13-4-6-17-18(9-13)23-11-22-17/h3-6,8-9,14H,2,7,10-11,20H2,1H3. The van der Waals surface area contributed by atoms with Crippen molar-refractivity contribution in [2.75, 3.05) is 19.9 Å². The quantitative estimate of drug-likeness (QED) is 0.874. The molecular weight excluding hydrogens is 314 g/mol. The number of halogens is 1. The first-order chi connectivity index (χ1) is 11.2. The highest BCUT2D eigenvalue weighted by Crippen LogP contribution is 2.35. The van der Waals surface area contributed by atoms with Crippen LogP contribution in [0.3, 0.4) is 0 Å². The lowest BCUT2D eigenvalue weighted by Gasteiger charge is -2.16. The van der Waals surface area contributed by atoms with E-state index in [1.165, 1.54) is 0 Å². The third kappa shape index (κ3) is 3.54. The normalized spacial score (nSPS) is 13.9. The topological polar surface area (TPSA) is 53.7 Å². The molecule has 2 N–H and O–H groups in total. The summed E-state index contributed by atoms with van der Waals surface area (Å²) in [4.78, 5) is 0. The van der Waals surface area contributed by atoms with E-state index in [2.05, 4.69) is 0 Å². The Labute approximate surface area is 141 Å². The fourth-order valence-electron chi connectivity index (χ4n) is 2.73. The smallest absolute Gasteiger partial charge is 0.231 e. The van der Waals surface area contributed by atoms with E-state index in [1.54, 1.807) is 0 Å². The second-order valence-electron chi connectivity index (χ2n) is 5.45.